The third-order valence-electron chi connectivity index (χ3n) is 4.12. The molecule has 1 aliphatic rings. The summed E-state index contributed by atoms with van der Waals surface area (Å²) in [5.74, 6) is 0.0216. The van der Waals surface area contributed by atoms with Crippen LogP contribution in [0.15, 0.2) is 42.6 Å². The Balaban J connectivity index is 1.66. The van der Waals surface area contributed by atoms with Crippen molar-refractivity contribution in [1.29, 1.82) is 0 Å². The molecule has 1 aromatic heterocycles. The number of carbonyl (C=O) groups is 1. The maximum Gasteiger partial charge on any atom is 0.387 e. The lowest BCUT2D eigenvalue weighted by atomic mass is 10.2. The predicted octanol–water partition coefficient (Wildman–Crippen LogP) is 2.64. The molecule has 1 aromatic carbocycles. The predicted molar refractivity (Wildman–Crippen MR) is 86.6 cm³/mol. The Morgan fingerprint density at radius 1 is 1.29 bits per heavy atom. The van der Waals surface area contributed by atoms with Gasteiger partial charge in [-0.25, -0.2) is 0 Å². The fourth-order valence-electron chi connectivity index (χ4n) is 2.97. The van der Waals surface area contributed by atoms with Crippen LogP contribution in [0.3, 0.4) is 0 Å². The van der Waals surface area contributed by atoms with Gasteiger partial charge in [0.05, 0.1) is 5.69 Å². The second-order valence-corrected chi connectivity index (χ2v) is 5.76. The Morgan fingerprint density at radius 2 is 2.08 bits per heavy atom. The number of amides is 1. The molecular formula is C17H19F2N3O2. The van der Waals surface area contributed by atoms with Crippen LogP contribution in [0.25, 0.3) is 0 Å². The summed E-state index contributed by atoms with van der Waals surface area (Å²) in [6, 6.07) is 10.3. The van der Waals surface area contributed by atoms with Crippen LogP contribution in [0.2, 0.25) is 0 Å². The number of para-hydroxylation sites is 2. The van der Waals surface area contributed by atoms with Crippen molar-refractivity contribution in [2.75, 3.05) is 18.0 Å². The van der Waals surface area contributed by atoms with Crippen LogP contribution in [0, 0.1) is 0 Å². The molecule has 3 rings (SSSR count). The second-order valence-electron chi connectivity index (χ2n) is 5.76. The van der Waals surface area contributed by atoms with E-state index in [1.54, 1.807) is 28.8 Å². The van der Waals surface area contributed by atoms with Crippen molar-refractivity contribution >= 4 is 11.6 Å². The SMILES string of the molecule is Cn1cccc1C(=O)N[C@H]1CCN(c2ccccc2OC(F)F)C1. The number of halogens is 2. The zero-order valence-electron chi connectivity index (χ0n) is 13.3. The fraction of sp³-hybridized carbons (Fsp3) is 0.353. The van der Waals surface area contributed by atoms with Gasteiger partial charge in [0.25, 0.3) is 5.91 Å². The van der Waals surface area contributed by atoms with Gasteiger partial charge in [0.15, 0.2) is 0 Å². The number of benzene rings is 1. The van der Waals surface area contributed by atoms with Gasteiger partial charge in [0, 0.05) is 32.4 Å². The zero-order chi connectivity index (χ0) is 17.1. The fourth-order valence-corrected chi connectivity index (χ4v) is 2.97. The number of alkyl halides is 2. The lowest BCUT2D eigenvalue weighted by molar-refractivity contribution is -0.0495. The zero-order valence-corrected chi connectivity index (χ0v) is 13.3. The van der Waals surface area contributed by atoms with Crippen LogP contribution < -0.4 is 15.0 Å². The molecule has 7 heteroatoms. The Bertz CT molecular complexity index is 717. The summed E-state index contributed by atoms with van der Waals surface area (Å²) in [4.78, 5) is 14.2. The third kappa shape index (κ3) is 3.50. The minimum Gasteiger partial charge on any atom is -0.433 e. The molecule has 128 valence electrons. The lowest BCUT2D eigenvalue weighted by Crippen LogP contribution is -2.37. The molecular weight excluding hydrogens is 316 g/mol. The summed E-state index contributed by atoms with van der Waals surface area (Å²) in [7, 11) is 1.81. The van der Waals surface area contributed by atoms with Crippen molar-refractivity contribution < 1.29 is 18.3 Å². The van der Waals surface area contributed by atoms with E-state index in [4.69, 9.17) is 0 Å². The number of hydrogen-bond acceptors (Lipinski definition) is 3. The Hall–Kier alpha value is -2.57. The molecule has 0 radical (unpaired) electrons. The van der Waals surface area contributed by atoms with Gasteiger partial charge in [-0.15, -0.1) is 0 Å². The van der Waals surface area contributed by atoms with Gasteiger partial charge in [0.2, 0.25) is 0 Å². The van der Waals surface area contributed by atoms with Gasteiger partial charge in [-0.1, -0.05) is 12.1 Å². The molecule has 24 heavy (non-hydrogen) atoms. The molecule has 1 saturated heterocycles. The van der Waals surface area contributed by atoms with Gasteiger partial charge in [-0.3, -0.25) is 4.79 Å². The standard InChI is InChI=1S/C17H19F2N3O2/c1-21-9-4-6-14(21)16(23)20-12-8-10-22(11-12)13-5-2-3-7-15(13)24-17(18)19/h2-7,9,12,17H,8,10-11H2,1H3,(H,20,23)/t12-/m0/s1. The maximum absolute atomic E-state index is 12.5. The van der Waals surface area contributed by atoms with E-state index >= 15 is 0 Å². The molecule has 1 fully saturated rings. The van der Waals surface area contributed by atoms with Crippen LogP contribution in [0.4, 0.5) is 14.5 Å². The smallest absolute Gasteiger partial charge is 0.387 e. The van der Waals surface area contributed by atoms with E-state index < -0.39 is 6.61 Å². The first-order valence-corrected chi connectivity index (χ1v) is 7.75. The van der Waals surface area contributed by atoms with Crippen LogP contribution >= 0.6 is 0 Å². The molecule has 1 amide bonds. The average Bonchev–Trinajstić information content (AvgIpc) is 3.16. The van der Waals surface area contributed by atoms with Gasteiger partial charge >= 0.3 is 6.61 Å². The molecule has 2 aromatic rings. The Morgan fingerprint density at radius 3 is 2.79 bits per heavy atom. The van der Waals surface area contributed by atoms with E-state index in [1.165, 1.54) is 6.07 Å². The highest BCUT2D eigenvalue weighted by Crippen LogP contribution is 2.31. The van der Waals surface area contributed by atoms with Crippen molar-refractivity contribution in [3.05, 3.63) is 48.3 Å². The summed E-state index contributed by atoms with van der Waals surface area (Å²) >= 11 is 0. The van der Waals surface area contributed by atoms with Crippen molar-refractivity contribution in [3.8, 4) is 5.75 Å². The van der Waals surface area contributed by atoms with Gasteiger partial charge in [-0.05, 0) is 30.7 Å². The Kier molecular flexibility index (Phi) is 4.69. The van der Waals surface area contributed by atoms with E-state index in [0.29, 0.717) is 24.5 Å². The number of rotatable bonds is 5. The normalized spacial score (nSPS) is 17.3. The van der Waals surface area contributed by atoms with E-state index in [-0.39, 0.29) is 17.7 Å². The molecule has 0 bridgehead atoms. The van der Waals surface area contributed by atoms with Crippen molar-refractivity contribution in [2.45, 2.75) is 19.1 Å². The van der Waals surface area contributed by atoms with Gasteiger partial charge in [-0.2, -0.15) is 8.78 Å². The number of anilines is 1. The van der Waals surface area contributed by atoms with Crippen LogP contribution in [-0.4, -0.2) is 36.2 Å². The minimum absolute atomic E-state index is 0.0352. The lowest BCUT2D eigenvalue weighted by Gasteiger charge is -2.22. The molecule has 2 heterocycles. The minimum atomic E-state index is -2.86. The first-order chi connectivity index (χ1) is 11.5. The summed E-state index contributed by atoms with van der Waals surface area (Å²) in [6.07, 6.45) is 2.56. The summed E-state index contributed by atoms with van der Waals surface area (Å²) in [6.45, 7) is -1.64. The van der Waals surface area contributed by atoms with Gasteiger partial charge in [0.1, 0.15) is 11.4 Å². The maximum atomic E-state index is 12.5. The van der Waals surface area contributed by atoms with Crippen molar-refractivity contribution in [2.24, 2.45) is 7.05 Å². The van der Waals surface area contributed by atoms with Gasteiger partial charge < -0.3 is 19.5 Å². The average molecular weight is 335 g/mol. The molecule has 0 unspecified atom stereocenters. The number of aryl methyl sites for hydroxylation is 1. The highest BCUT2D eigenvalue weighted by molar-refractivity contribution is 5.93. The molecule has 5 nitrogen and oxygen atoms in total. The number of nitrogens with one attached hydrogen (secondary N) is 1. The number of nitrogens with zero attached hydrogens (tertiary/aromatic N) is 2. The summed E-state index contributed by atoms with van der Waals surface area (Å²) in [5, 5.41) is 2.99. The highest BCUT2D eigenvalue weighted by atomic mass is 19.3. The Labute approximate surface area is 138 Å². The number of carbonyl (C=O) groups excluding carboxylic acids is 1. The number of hydrogen-bond donors (Lipinski definition) is 1. The third-order valence-corrected chi connectivity index (χ3v) is 4.12. The quantitative estimate of drug-likeness (QED) is 0.914. The largest absolute Gasteiger partial charge is 0.433 e. The molecule has 0 spiro atoms. The van der Waals surface area contributed by atoms with Crippen LogP contribution in [0.1, 0.15) is 16.9 Å². The molecule has 1 N–H and O–H groups in total. The van der Waals surface area contributed by atoms with Crippen LogP contribution in [0.5, 0.6) is 5.75 Å². The molecule has 0 aliphatic carbocycles. The topological polar surface area (TPSA) is 46.5 Å². The second kappa shape index (κ2) is 6.90. The molecule has 1 aliphatic heterocycles. The van der Waals surface area contributed by atoms with E-state index in [1.807, 2.05) is 24.2 Å². The van der Waals surface area contributed by atoms with E-state index in [2.05, 4.69) is 10.1 Å². The van der Waals surface area contributed by atoms with Crippen molar-refractivity contribution in [1.82, 2.24) is 9.88 Å². The number of ether oxygens (including phenoxy) is 1. The first-order valence-electron chi connectivity index (χ1n) is 7.75. The van der Waals surface area contributed by atoms with Crippen molar-refractivity contribution in [3.63, 3.8) is 0 Å². The number of aromatic nitrogens is 1. The molecule has 0 saturated carbocycles. The monoisotopic (exact) mass is 335 g/mol. The summed E-state index contributed by atoms with van der Waals surface area (Å²) in [5.41, 5.74) is 1.21. The summed E-state index contributed by atoms with van der Waals surface area (Å²) < 4.78 is 31.4. The van der Waals surface area contributed by atoms with Crippen LogP contribution in [-0.2, 0) is 7.05 Å². The highest BCUT2D eigenvalue weighted by Gasteiger charge is 2.27. The molecule has 1 atom stereocenters. The first kappa shape index (κ1) is 16.3. The van der Waals surface area contributed by atoms with E-state index in [0.717, 1.165) is 6.42 Å². The van der Waals surface area contributed by atoms with E-state index in [9.17, 15) is 13.6 Å².